The Morgan fingerprint density at radius 1 is 0.806 bits per heavy atom. The molecule has 0 saturated heterocycles. The van der Waals surface area contributed by atoms with Crippen molar-refractivity contribution in [1.82, 2.24) is 14.9 Å². The van der Waals surface area contributed by atoms with Crippen LogP contribution in [0.3, 0.4) is 0 Å². The molecule has 4 aromatic rings. The summed E-state index contributed by atoms with van der Waals surface area (Å²) in [5.41, 5.74) is 1.93. The minimum atomic E-state index is -0.368. The van der Waals surface area contributed by atoms with E-state index in [9.17, 15) is 9.59 Å². The second-order valence-corrected chi connectivity index (χ2v) is 9.76. The summed E-state index contributed by atoms with van der Waals surface area (Å²) >= 11 is 1.78. The maximum atomic E-state index is 12.7. The van der Waals surface area contributed by atoms with Crippen molar-refractivity contribution < 1.29 is 4.74 Å². The summed E-state index contributed by atoms with van der Waals surface area (Å²) in [6, 6.07) is 25.2. The van der Waals surface area contributed by atoms with Gasteiger partial charge in [0.2, 0.25) is 0 Å². The molecule has 184 valence electrons. The minimum Gasteiger partial charge on any atom is -0.489 e. The smallest absolute Gasteiger partial charge is 0.272 e. The van der Waals surface area contributed by atoms with Gasteiger partial charge < -0.3 is 19.6 Å². The predicted octanol–water partition coefficient (Wildman–Crippen LogP) is 2.95. The van der Waals surface area contributed by atoms with Crippen molar-refractivity contribution in [2.45, 2.75) is 11.5 Å². The fourth-order valence-corrected chi connectivity index (χ4v) is 4.49. The Hall–Kier alpha value is -3.81. The van der Waals surface area contributed by atoms with Crippen molar-refractivity contribution in [3.63, 3.8) is 0 Å². The van der Waals surface area contributed by atoms with Gasteiger partial charge in [0.05, 0.1) is 0 Å². The Balaban J connectivity index is 1.51. The Morgan fingerprint density at radius 2 is 1.47 bits per heavy atom. The van der Waals surface area contributed by atoms with Gasteiger partial charge in [-0.2, -0.15) is 0 Å². The molecule has 0 fully saturated rings. The van der Waals surface area contributed by atoms with Gasteiger partial charge in [-0.15, -0.1) is 11.8 Å². The number of hydrogen-bond acceptors (Lipinski definition) is 5. The largest absolute Gasteiger partial charge is 0.489 e. The molecule has 0 atom stereocenters. The average Bonchev–Trinajstić information content (AvgIpc) is 2.87. The number of benzene rings is 3. The zero-order chi connectivity index (χ0) is 25.3. The molecule has 0 bridgehead atoms. The van der Waals surface area contributed by atoms with Crippen molar-refractivity contribution in [3.05, 3.63) is 127 Å². The molecular formula is C29H29N3O3S. The van der Waals surface area contributed by atoms with Crippen LogP contribution in [-0.2, 0) is 6.61 Å². The second kappa shape index (κ2) is 12.2. The minimum absolute atomic E-state index is 0.185. The zero-order valence-electron chi connectivity index (χ0n) is 20.4. The highest BCUT2D eigenvalue weighted by atomic mass is 32.2. The standard InChI is InChI=1S/C29H29N3O3S/c1-32(2)15-16-36-25-13-11-21(12-14-25)18-26-28(33)31-27(29(34)30-26)19-23-9-6-10-24(17-23)35-20-22-7-4-3-5-8-22/h3-14,17-19H,15-16,20H2,1-2H3,(H,30,34)(H,31,33). The van der Waals surface area contributed by atoms with E-state index in [1.54, 1.807) is 23.9 Å². The third-order valence-corrected chi connectivity index (χ3v) is 6.39. The number of thioether (sulfide) groups is 1. The summed E-state index contributed by atoms with van der Waals surface area (Å²) in [5, 5.41) is 0.398. The summed E-state index contributed by atoms with van der Waals surface area (Å²) < 4.78 is 5.86. The number of aromatic amines is 2. The van der Waals surface area contributed by atoms with E-state index in [1.165, 1.54) is 0 Å². The number of nitrogens with zero attached hydrogens (tertiary/aromatic N) is 1. The molecule has 1 heterocycles. The normalized spacial score (nSPS) is 12.3. The first-order valence-electron chi connectivity index (χ1n) is 11.7. The predicted molar refractivity (Wildman–Crippen MR) is 147 cm³/mol. The van der Waals surface area contributed by atoms with Crippen molar-refractivity contribution in [2.24, 2.45) is 0 Å². The molecule has 0 aliphatic heterocycles. The van der Waals surface area contributed by atoms with E-state index >= 15 is 0 Å². The third kappa shape index (κ3) is 7.34. The SMILES string of the molecule is CN(C)CCSc1ccc(C=c2[nH]c(=O)c(=Cc3cccc(OCc4ccccc4)c3)[nH]c2=O)cc1. The molecule has 36 heavy (non-hydrogen) atoms. The van der Waals surface area contributed by atoms with Crippen LogP contribution in [0.5, 0.6) is 5.75 Å². The van der Waals surface area contributed by atoms with Gasteiger partial charge in [0, 0.05) is 17.2 Å². The van der Waals surface area contributed by atoms with Crippen LogP contribution in [0, 0.1) is 0 Å². The van der Waals surface area contributed by atoms with E-state index in [-0.39, 0.29) is 21.8 Å². The lowest BCUT2D eigenvalue weighted by atomic mass is 10.2. The molecular weight excluding hydrogens is 470 g/mol. The van der Waals surface area contributed by atoms with Crippen molar-refractivity contribution in [1.29, 1.82) is 0 Å². The van der Waals surface area contributed by atoms with Crippen LogP contribution in [0.25, 0.3) is 12.2 Å². The highest BCUT2D eigenvalue weighted by Crippen LogP contribution is 2.18. The molecule has 0 unspecified atom stereocenters. The number of aromatic nitrogens is 2. The van der Waals surface area contributed by atoms with Crippen LogP contribution < -0.4 is 26.6 Å². The van der Waals surface area contributed by atoms with Gasteiger partial charge in [-0.05, 0) is 67.2 Å². The fourth-order valence-electron chi connectivity index (χ4n) is 3.47. The Morgan fingerprint density at radius 3 is 2.14 bits per heavy atom. The van der Waals surface area contributed by atoms with Crippen LogP contribution in [-0.4, -0.2) is 41.3 Å². The lowest BCUT2D eigenvalue weighted by Crippen LogP contribution is -2.46. The van der Waals surface area contributed by atoms with Gasteiger partial charge in [0.25, 0.3) is 11.1 Å². The lowest BCUT2D eigenvalue weighted by Gasteiger charge is -2.08. The van der Waals surface area contributed by atoms with Crippen LogP contribution in [0.1, 0.15) is 16.7 Å². The molecule has 0 aliphatic rings. The Kier molecular flexibility index (Phi) is 8.60. The average molecular weight is 500 g/mol. The molecule has 1 aromatic heterocycles. The molecule has 0 saturated carbocycles. The van der Waals surface area contributed by atoms with Gasteiger partial charge >= 0.3 is 0 Å². The van der Waals surface area contributed by atoms with E-state index in [0.717, 1.165) is 33.9 Å². The topological polar surface area (TPSA) is 78.2 Å². The van der Waals surface area contributed by atoms with Crippen molar-refractivity contribution in [2.75, 3.05) is 26.4 Å². The Bertz CT molecular complexity index is 1530. The van der Waals surface area contributed by atoms with Crippen molar-refractivity contribution >= 4 is 23.9 Å². The first-order valence-corrected chi connectivity index (χ1v) is 12.7. The quantitative estimate of drug-likeness (QED) is 0.346. The molecule has 0 aliphatic carbocycles. The zero-order valence-corrected chi connectivity index (χ0v) is 21.2. The molecule has 4 rings (SSSR count). The monoisotopic (exact) mass is 499 g/mol. The van der Waals surface area contributed by atoms with Gasteiger partial charge in [-0.1, -0.05) is 54.6 Å². The first-order chi connectivity index (χ1) is 17.5. The highest BCUT2D eigenvalue weighted by Gasteiger charge is 2.01. The fraction of sp³-hybridized carbons (Fsp3) is 0.172. The van der Waals surface area contributed by atoms with Gasteiger partial charge in [0.15, 0.2) is 0 Å². The van der Waals surface area contributed by atoms with E-state index in [4.69, 9.17) is 4.74 Å². The second-order valence-electron chi connectivity index (χ2n) is 8.59. The summed E-state index contributed by atoms with van der Waals surface area (Å²) in [6.45, 7) is 1.45. The first kappa shape index (κ1) is 25.3. The van der Waals surface area contributed by atoms with Gasteiger partial charge in [-0.3, -0.25) is 9.59 Å². The highest BCUT2D eigenvalue weighted by molar-refractivity contribution is 7.99. The molecule has 0 radical (unpaired) electrons. The number of rotatable bonds is 9. The number of ether oxygens (including phenoxy) is 1. The number of H-pyrrole nitrogens is 2. The van der Waals surface area contributed by atoms with Gasteiger partial charge in [-0.25, -0.2) is 0 Å². The van der Waals surface area contributed by atoms with Crippen molar-refractivity contribution in [3.8, 4) is 5.75 Å². The Labute approximate surface area is 214 Å². The van der Waals surface area contributed by atoms with Crippen LogP contribution in [0.4, 0.5) is 0 Å². The van der Waals surface area contributed by atoms with E-state index in [0.29, 0.717) is 12.4 Å². The molecule has 0 spiro atoms. The number of nitrogens with one attached hydrogen (secondary N) is 2. The molecule has 6 nitrogen and oxygen atoms in total. The van der Waals surface area contributed by atoms with Crippen LogP contribution >= 0.6 is 11.8 Å². The third-order valence-electron chi connectivity index (χ3n) is 5.40. The van der Waals surface area contributed by atoms with Gasteiger partial charge in [0.1, 0.15) is 23.1 Å². The summed E-state index contributed by atoms with van der Waals surface area (Å²) in [4.78, 5) is 34.1. The molecule has 0 amide bonds. The molecule has 7 heteroatoms. The number of hydrogen-bond donors (Lipinski definition) is 2. The maximum Gasteiger partial charge on any atom is 0.272 e. The van der Waals surface area contributed by atoms with Crippen LogP contribution in [0.15, 0.2) is 93.3 Å². The van der Waals surface area contributed by atoms with Crippen LogP contribution in [0.2, 0.25) is 0 Å². The molecule has 2 N–H and O–H groups in total. The molecule has 3 aromatic carbocycles. The summed E-state index contributed by atoms with van der Waals surface area (Å²) in [5.74, 6) is 1.68. The maximum absolute atomic E-state index is 12.7. The summed E-state index contributed by atoms with van der Waals surface area (Å²) in [7, 11) is 4.11. The van der Waals surface area contributed by atoms with E-state index in [2.05, 4.69) is 29.0 Å². The van der Waals surface area contributed by atoms with E-state index in [1.807, 2.05) is 78.9 Å². The summed E-state index contributed by atoms with van der Waals surface area (Å²) in [6.07, 6.45) is 3.31. The lowest BCUT2D eigenvalue weighted by molar-refractivity contribution is 0.306. The van der Waals surface area contributed by atoms with E-state index < -0.39 is 0 Å².